The van der Waals surface area contributed by atoms with Crippen LogP contribution in [0.25, 0.3) is 0 Å². The van der Waals surface area contributed by atoms with Gasteiger partial charge in [0.15, 0.2) is 11.5 Å². The van der Waals surface area contributed by atoms with Crippen molar-refractivity contribution in [1.29, 1.82) is 0 Å². The van der Waals surface area contributed by atoms with Gasteiger partial charge in [0.05, 0.1) is 7.11 Å². The fourth-order valence-corrected chi connectivity index (χ4v) is 2.84. The number of nitrogens with zero attached hydrogens (tertiary/aromatic N) is 2. The van der Waals surface area contributed by atoms with E-state index < -0.39 is 0 Å². The van der Waals surface area contributed by atoms with Crippen molar-refractivity contribution in [1.82, 2.24) is 9.88 Å². The molecule has 2 aromatic rings. The van der Waals surface area contributed by atoms with Crippen LogP contribution in [0.15, 0.2) is 42.6 Å². The molecule has 6 nitrogen and oxygen atoms in total. The number of rotatable bonds is 4. The minimum atomic E-state index is -0.0140. The summed E-state index contributed by atoms with van der Waals surface area (Å²) in [6, 6.07) is 10.9. The standard InChI is InChI=1S/C18H21N3O3/c1-23-15-4-2-3-5-16(15)24-14-7-10-21(11-8-14)18(22)13-6-9-20-17(19)12-13/h2-6,9,12,14H,7-8,10-11H2,1H3,(H2,19,20). The van der Waals surface area contributed by atoms with Gasteiger partial charge in [-0.25, -0.2) is 4.98 Å². The molecule has 2 N–H and O–H groups in total. The number of anilines is 1. The van der Waals surface area contributed by atoms with Crippen LogP contribution < -0.4 is 15.2 Å². The molecule has 6 heteroatoms. The van der Waals surface area contributed by atoms with E-state index in [0.29, 0.717) is 24.5 Å². The first-order chi connectivity index (χ1) is 11.7. The average molecular weight is 327 g/mol. The second-order valence-electron chi connectivity index (χ2n) is 5.73. The van der Waals surface area contributed by atoms with Gasteiger partial charge < -0.3 is 20.1 Å². The maximum absolute atomic E-state index is 12.5. The molecule has 1 aromatic heterocycles. The van der Waals surface area contributed by atoms with E-state index in [2.05, 4.69) is 4.98 Å². The fraction of sp³-hybridized carbons (Fsp3) is 0.333. The van der Waals surface area contributed by atoms with E-state index in [1.54, 1.807) is 25.4 Å². The van der Waals surface area contributed by atoms with E-state index in [4.69, 9.17) is 15.2 Å². The lowest BCUT2D eigenvalue weighted by molar-refractivity contribution is 0.0590. The number of para-hydroxylation sites is 2. The number of carbonyl (C=O) groups excluding carboxylic acids is 1. The molecule has 1 fully saturated rings. The highest BCUT2D eigenvalue weighted by Crippen LogP contribution is 2.29. The monoisotopic (exact) mass is 327 g/mol. The molecule has 0 bridgehead atoms. The number of hydrogen-bond donors (Lipinski definition) is 1. The summed E-state index contributed by atoms with van der Waals surface area (Å²) in [5.74, 6) is 1.81. The lowest BCUT2D eigenvalue weighted by Crippen LogP contribution is -2.41. The Morgan fingerprint density at radius 3 is 2.58 bits per heavy atom. The highest BCUT2D eigenvalue weighted by atomic mass is 16.5. The minimum Gasteiger partial charge on any atom is -0.493 e. The first-order valence-electron chi connectivity index (χ1n) is 7.98. The van der Waals surface area contributed by atoms with Crippen molar-refractivity contribution in [3.05, 3.63) is 48.2 Å². The van der Waals surface area contributed by atoms with Crippen molar-refractivity contribution in [2.75, 3.05) is 25.9 Å². The Morgan fingerprint density at radius 2 is 1.92 bits per heavy atom. The number of pyridine rings is 1. The lowest BCUT2D eigenvalue weighted by atomic mass is 10.1. The molecule has 0 saturated carbocycles. The molecular weight excluding hydrogens is 306 g/mol. The second kappa shape index (κ2) is 7.21. The summed E-state index contributed by atoms with van der Waals surface area (Å²) in [5.41, 5.74) is 6.22. The second-order valence-corrected chi connectivity index (χ2v) is 5.73. The molecule has 1 amide bonds. The van der Waals surface area contributed by atoms with Crippen LogP contribution in [0.2, 0.25) is 0 Å². The van der Waals surface area contributed by atoms with Crippen molar-refractivity contribution >= 4 is 11.7 Å². The zero-order chi connectivity index (χ0) is 16.9. The van der Waals surface area contributed by atoms with E-state index in [1.165, 1.54) is 0 Å². The molecule has 2 heterocycles. The number of amides is 1. The Bertz CT molecular complexity index is 712. The zero-order valence-electron chi connectivity index (χ0n) is 13.6. The SMILES string of the molecule is COc1ccccc1OC1CCN(C(=O)c2ccnc(N)c2)CC1. The number of benzene rings is 1. The third-order valence-corrected chi connectivity index (χ3v) is 4.12. The summed E-state index contributed by atoms with van der Waals surface area (Å²) >= 11 is 0. The van der Waals surface area contributed by atoms with Crippen LogP contribution in [-0.2, 0) is 0 Å². The van der Waals surface area contributed by atoms with Gasteiger partial charge in [0.1, 0.15) is 11.9 Å². The quantitative estimate of drug-likeness (QED) is 0.933. The molecule has 0 spiro atoms. The van der Waals surface area contributed by atoms with E-state index in [-0.39, 0.29) is 12.0 Å². The maximum Gasteiger partial charge on any atom is 0.254 e. The number of carbonyl (C=O) groups is 1. The number of methoxy groups -OCH3 is 1. The van der Waals surface area contributed by atoms with Crippen LogP contribution in [-0.4, -0.2) is 42.1 Å². The Kier molecular flexibility index (Phi) is 4.84. The molecule has 1 aromatic carbocycles. The average Bonchev–Trinajstić information content (AvgIpc) is 2.62. The Hall–Kier alpha value is -2.76. The van der Waals surface area contributed by atoms with Gasteiger partial charge in [-0.15, -0.1) is 0 Å². The van der Waals surface area contributed by atoms with Crippen molar-refractivity contribution < 1.29 is 14.3 Å². The van der Waals surface area contributed by atoms with Crippen LogP contribution in [0.1, 0.15) is 23.2 Å². The van der Waals surface area contributed by atoms with Crippen molar-refractivity contribution in [3.63, 3.8) is 0 Å². The van der Waals surface area contributed by atoms with Gasteiger partial charge in [0.25, 0.3) is 5.91 Å². The molecule has 0 unspecified atom stereocenters. The number of likely N-dealkylation sites (tertiary alicyclic amines) is 1. The van der Waals surface area contributed by atoms with Crippen LogP contribution in [0.5, 0.6) is 11.5 Å². The predicted octanol–water partition coefficient (Wildman–Crippen LogP) is 2.36. The van der Waals surface area contributed by atoms with Crippen molar-refractivity contribution in [3.8, 4) is 11.5 Å². The van der Waals surface area contributed by atoms with Gasteiger partial charge in [-0.05, 0) is 24.3 Å². The number of piperidine rings is 1. The minimum absolute atomic E-state index is 0.0140. The molecule has 24 heavy (non-hydrogen) atoms. The van der Waals surface area contributed by atoms with E-state index in [1.807, 2.05) is 29.2 Å². The lowest BCUT2D eigenvalue weighted by Gasteiger charge is -2.32. The maximum atomic E-state index is 12.5. The molecule has 1 aliphatic rings. The first-order valence-corrected chi connectivity index (χ1v) is 7.98. The first kappa shape index (κ1) is 16.1. The van der Waals surface area contributed by atoms with Crippen LogP contribution >= 0.6 is 0 Å². The van der Waals surface area contributed by atoms with Crippen LogP contribution in [0.3, 0.4) is 0 Å². The molecule has 1 saturated heterocycles. The topological polar surface area (TPSA) is 77.7 Å². The third-order valence-electron chi connectivity index (χ3n) is 4.12. The summed E-state index contributed by atoms with van der Waals surface area (Å²) < 4.78 is 11.3. The molecule has 0 radical (unpaired) electrons. The van der Waals surface area contributed by atoms with Gasteiger partial charge in [0.2, 0.25) is 0 Å². The fourth-order valence-electron chi connectivity index (χ4n) is 2.84. The number of nitrogens with two attached hydrogens (primary N) is 1. The zero-order valence-corrected chi connectivity index (χ0v) is 13.6. The number of ether oxygens (including phenoxy) is 2. The third kappa shape index (κ3) is 3.59. The van der Waals surface area contributed by atoms with E-state index >= 15 is 0 Å². The van der Waals surface area contributed by atoms with Crippen molar-refractivity contribution in [2.24, 2.45) is 0 Å². The molecular formula is C18H21N3O3. The Balaban J connectivity index is 1.58. The Morgan fingerprint density at radius 1 is 1.21 bits per heavy atom. The Labute approximate surface area is 141 Å². The summed E-state index contributed by atoms with van der Waals surface area (Å²) in [7, 11) is 1.63. The van der Waals surface area contributed by atoms with Crippen LogP contribution in [0, 0.1) is 0 Å². The van der Waals surface area contributed by atoms with E-state index in [9.17, 15) is 4.79 Å². The highest BCUT2D eigenvalue weighted by Gasteiger charge is 2.25. The summed E-state index contributed by atoms with van der Waals surface area (Å²) in [4.78, 5) is 18.2. The van der Waals surface area contributed by atoms with Gasteiger partial charge in [-0.3, -0.25) is 4.79 Å². The number of nitrogen functional groups attached to an aromatic ring is 1. The summed E-state index contributed by atoms with van der Waals surface area (Å²) in [6.07, 6.45) is 3.20. The normalized spacial score (nSPS) is 15.1. The summed E-state index contributed by atoms with van der Waals surface area (Å²) in [6.45, 7) is 1.31. The predicted molar refractivity (Wildman–Crippen MR) is 91.2 cm³/mol. The highest BCUT2D eigenvalue weighted by molar-refractivity contribution is 5.94. The van der Waals surface area contributed by atoms with Crippen molar-refractivity contribution in [2.45, 2.75) is 18.9 Å². The van der Waals surface area contributed by atoms with E-state index in [0.717, 1.165) is 24.3 Å². The molecule has 0 atom stereocenters. The van der Waals surface area contributed by atoms with Gasteiger partial charge in [-0.1, -0.05) is 12.1 Å². The molecule has 0 aliphatic carbocycles. The summed E-state index contributed by atoms with van der Waals surface area (Å²) in [5, 5.41) is 0. The van der Waals surface area contributed by atoms with Crippen LogP contribution in [0.4, 0.5) is 5.82 Å². The largest absolute Gasteiger partial charge is 0.493 e. The molecule has 3 rings (SSSR count). The number of aromatic nitrogens is 1. The molecule has 126 valence electrons. The van der Waals surface area contributed by atoms with Gasteiger partial charge in [0, 0.05) is 37.7 Å². The molecule has 1 aliphatic heterocycles. The van der Waals surface area contributed by atoms with Gasteiger partial charge >= 0.3 is 0 Å². The number of hydrogen-bond acceptors (Lipinski definition) is 5. The van der Waals surface area contributed by atoms with Gasteiger partial charge in [-0.2, -0.15) is 0 Å². The smallest absolute Gasteiger partial charge is 0.254 e.